The highest BCUT2D eigenvalue weighted by Crippen LogP contribution is 2.28. The molecule has 5 nitrogen and oxygen atoms in total. The normalized spacial score (nSPS) is 13.6. The van der Waals surface area contributed by atoms with E-state index in [-0.39, 0.29) is 18.0 Å². The Hall–Kier alpha value is -2.48. The molecule has 114 valence electrons. The van der Waals surface area contributed by atoms with Crippen LogP contribution in [-0.4, -0.2) is 14.3 Å². The molecule has 8 heteroatoms. The molecule has 0 aliphatic carbocycles. The number of hydrogen-bond acceptors (Lipinski definition) is 3. The Morgan fingerprint density at radius 2 is 1.77 bits per heavy atom. The number of fused-ring (bicyclic) bond motifs is 1. The lowest BCUT2D eigenvalue weighted by Gasteiger charge is -2.10. The van der Waals surface area contributed by atoms with Crippen LogP contribution >= 0.6 is 0 Å². The van der Waals surface area contributed by atoms with Crippen LogP contribution in [0, 0.1) is 11.6 Å². The topological polar surface area (TPSA) is 75.3 Å². The number of nitrogens with one attached hydrogen (secondary N) is 2. The predicted molar refractivity (Wildman–Crippen MR) is 75.9 cm³/mol. The van der Waals surface area contributed by atoms with Crippen LogP contribution in [-0.2, 0) is 21.2 Å². The van der Waals surface area contributed by atoms with Gasteiger partial charge < -0.3 is 5.32 Å². The summed E-state index contributed by atoms with van der Waals surface area (Å²) in [5.74, 6) is -2.55. The first-order valence-corrected chi connectivity index (χ1v) is 7.75. The van der Waals surface area contributed by atoms with Crippen molar-refractivity contribution in [2.75, 3.05) is 10.0 Å². The van der Waals surface area contributed by atoms with Crippen LogP contribution < -0.4 is 10.0 Å². The van der Waals surface area contributed by atoms with Crippen molar-refractivity contribution >= 4 is 27.3 Å². The second-order valence-electron chi connectivity index (χ2n) is 4.75. The number of carbonyl (C=O) groups is 1. The van der Waals surface area contributed by atoms with Gasteiger partial charge in [-0.15, -0.1) is 0 Å². The van der Waals surface area contributed by atoms with Gasteiger partial charge in [0.1, 0.15) is 11.6 Å². The van der Waals surface area contributed by atoms with Gasteiger partial charge in [0.25, 0.3) is 10.0 Å². The van der Waals surface area contributed by atoms with Gasteiger partial charge in [0.2, 0.25) is 5.91 Å². The van der Waals surface area contributed by atoms with E-state index in [1.165, 1.54) is 18.2 Å². The van der Waals surface area contributed by atoms with Gasteiger partial charge in [-0.3, -0.25) is 9.52 Å². The number of anilines is 2. The third kappa shape index (κ3) is 2.52. The van der Waals surface area contributed by atoms with E-state index in [0.29, 0.717) is 11.3 Å². The quantitative estimate of drug-likeness (QED) is 0.909. The van der Waals surface area contributed by atoms with Gasteiger partial charge in [0, 0.05) is 11.4 Å². The van der Waals surface area contributed by atoms with E-state index in [1.54, 1.807) is 0 Å². The highest BCUT2D eigenvalue weighted by Gasteiger charge is 2.25. The van der Waals surface area contributed by atoms with E-state index in [4.69, 9.17) is 0 Å². The third-order valence-corrected chi connectivity index (χ3v) is 4.60. The summed E-state index contributed by atoms with van der Waals surface area (Å²) in [6, 6.07) is 7.18. The van der Waals surface area contributed by atoms with E-state index in [0.717, 1.165) is 18.2 Å². The summed E-state index contributed by atoms with van der Waals surface area (Å²) in [6.07, 6.45) is 0.124. The standard InChI is InChI=1S/C14H10F2N2O3S/c15-10-2-1-3-11(16)14(10)22(20,21)18-9-4-5-12-8(6-9)7-13(19)17-12/h1-6,18H,7H2,(H,17,19). The molecule has 1 aliphatic heterocycles. The molecule has 2 aromatic rings. The highest BCUT2D eigenvalue weighted by molar-refractivity contribution is 7.92. The minimum absolute atomic E-state index is 0.123. The Morgan fingerprint density at radius 3 is 2.45 bits per heavy atom. The molecule has 0 saturated carbocycles. The molecule has 0 radical (unpaired) electrons. The Balaban J connectivity index is 1.96. The third-order valence-electron chi connectivity index (χ3n) is 3.17. The molecular weight excluding hydrogens is 314 g/mol. The van der Waals surface area contributed by atoms with E-state index in [2.05, 4.69) is 10.0 Å². The smallest absolute Gasteiger partial charge is 0.267 e. The van der Waals surface area contributed by atoms with Gasteiger partial charge in [-0.1, -0.05) is 6.07 Å². The average Bonchev–Trinajstić information content (AvgIpc) is 2.77. The fourth-order valence-corrected chi connectivity index (χ4v) is 3.43. The second-order valence-corrected chi connectivity index (χ2v) is 6.37. The fraction of sp³-hybridized carbons (Fsp3) is 0.0714. The average molecular weight is 324 g/mol. The van der Waals surface area contributed by atoms with Crippen LogP contribution in [0.15, 0.2) is 41.3 Å². The summed E-state index contributed by atoms with van der Waals surface area (Å²) in [7, 11) is -4.41. The summed E-state index contributed by atoms with van der Waals surface area (Å²) < 4.78 is 53.6. The lowest BCUT2D eigenvalue weighted by Crippen LogP contribution is -2.16. The van der Waals surface area contributed by atoms with Crippen molar-refractivity contribution in [3.05, 3.63) is 53.6 Å². The molecule has 0 unspecified atom stereocenters. The van der Waals surface area contributed by atoms with Crippen molar-refractivity contribution in [2.24, 2.45) is 0 Å². The summed E-state index contributed by atoms with van der Waals surface area (Å²) in [6.45, 7) is 0. The Morgan fingerprint density at radius 1 is 1.09 bits per heavy atom. The number of benzene rings is 2. The van der Waals surface area contributed by atoms with Gasteiger partial charge >= 0.3 is 0 Å². The Kier molecular flexibility index (Phi) is 3.32. The number of hydrogen-bond donors (Lipinski definition) is 2. The van der Waals surface area contributed by atoms with Crippen molar-refractivity contribution in [2.45, 2.75) is 11.3 Å². The number of amides is 1. The van der Waals surface area contributed by atoms with Gasteiger partial charge in [-0.05, 0) is 35.9 Å². The van der Waals surface area contributed by atoms with Crippen LogP contribution in [0.25, 0.3) is 0 Å². The minimum atomic E-state index is -4.41. The number of carbonyl (C=O) groups excluding carboxylic acids is 1. The van der Waals surface area contributed by atoms with Gasteiger partial charge in [-0.25, -0.2) is 17.2 Å². The number of halogens is 2. The SMILES string of the molecule is O=C1Cc2cc(NS(=O)(=O)c3c(F)cccc3F)ccc2N1. The summed E-state index contributed by atoms with van der Waals surface area (Å²) in [4.78, 5) is 10.2. The summed E-state index contributed by atoms with van der Waals surface area (Å²) in [5.41, 5.74) is 1.32. The molecule has 2 N–H and O–H groups in total. The largest absolute Gasteiger partial charge is 0.326 e. The maximum absolute atomic E-state index is 13.6. The monoisotopic (exact) mass is 324 g/mol. The maximum atomic E-state index is 13.6. The van der Waals surface area contributed by atoms with Gasteiger partial charge in [-0.2, -0.15) is 0 Å². The molecule has 0 atom stereocenters. The fourth-order valence-electron chi connectivity index (χ4n) is 2.24. The van der Waals surface area contributed by atoms with Crippen LogP contribution in [0.5, 0.6) is 0 Å². The number of rotatable bonds is 3. The van der Waals surface area contributed by atoms with Crippen molar-refractivity contribution < 1.29 is 22.0 Å². The molecule has 1 heterocycles. The first-order valence-electron chi connectivity index (χ1n) is 6.26. The van der Waals surface area contributed by atoms with Crippen LogP contribution in [0.1, 0.15) is 5.56 Å². The summed E-state index contributed by atoms with van der Waals surface area (Å²) in [5, 5.41) is 2.60. The van der Waals surface area contributed by atoms with Crippen LogP contribution in [0.2, 0.25) is 0 Å². The second kappa shape index (κ2) is 5.06. The lowest BCUT2D eigenvalue weighted by molar-refractivity contribution is -0.115. The number of sulfonamides is 1. The van der Waals surface area contributed by atoms with Crippen molar-refractivity contribution in [3.8, 4) is 0 Å². The Labute approximate surface area is 125 Å². The Bertz CT molecular complexity index is 861. The zero-order chi connectivity index (χ0) is 15.9. The molecule has 22 heavy (non-hydrogen) atoms. The predicted octanol–water partition coefficient (Wildman–Crippen LogP) is 2.26. The lowest BCUT2D eigenvalue weighted by atomic mass is 10.1. The molecular formula is C14H10F2N2O3S. The molecule has 0 bridgehead atoms. The van der Waals surface area contributed by atoms with Crippen molar-refractivity contribution in [1.82, 2.24) is 0 Å². The first-order chi connectivity index (χ1) is 10.4. The van der Waals surface area contributed by atoms with Crippen LogP contribution in [0.3, 0.4) is 0 Å². The molecule has 0 fully saturated rings. The zero-order valence-electron chi connectivity index (χ0n) is 11.1. The molecule has 0 spiro atoms. The van der Waals surface area contributed by atoms with Crippen LogP contribution in [0.4, 0.5) is 20.2 Å². The highest BCUT2D eigenvalue weighted by atomic mass is 32.2. The molecule has 0 aromatic heterocycles. The van der Waals surface area contributed by atoms with Crippen molar-refractivity contribution in [1.29, 1.82) is 0 Å². The molecule has 1 aliphatic rings. The van der Waals surface area contributed by atoms with E-state index >= 15 is 0 Å². The first kappa shape index (κ1) is 14.5. The minimum Gasteiger partial charge on any atom is -0.326 e. The zero-order valence-corrected chi connectivity index (χ0v) is 11.9. The van der Waals surface area contributed by atoms with Gasteiger partial charge in [0.15, 0.2) is 4.90 Å². The van der Waals surface area contributed by atoms with Crippen molar-refractivity contribution in [3.63, 3.8) is 0 Å². The molecule has 1 amide bonds. The van der Waals surface area contributed by atoms with Gasteiger partial charge in [0.05, 0.1) is 6.42 Å². The molecule has 3 rings (SSSR count). The summed E-state index contributed by atoms with van der Waals surface area (Å²) >= 11 is 0. The van der Waals surface area contributed by atoms with E-state index in [1.807, 2.05) is 0 Å². The van der Waals surface area contributed by atoms with E-state index in [9.17, 15) is 22.0 Å². The van der Waals surface area contributed by atoms with E-state index < -0.39 is 26.6 Å². The maximum Gasteiger partial charge on any atom is 0.267 e. The molecule has 2 aromatic carbocycles. The molecule has 0 saturated heterocycles.